The zero-order chi connectivity index (χ0) is 17.2. The molecule has 0 spiro atoms. The van der Waals surface area contributed by atoms with Crippen molar-refractivity contribution in [3.8, 4) is 0 Å². The number of fused-ring (bicyclic) bond motifs is 1. The fourth-order valence-electron chi connectivity index (χ4n) is 3.64. The molecule has 25 heavy (non-hydrogen) atoms. The molecule has 1 amide bonds. The van der Waals surface area contributed by atoms with Gasteiger partial charge in [0, 0.05) is 13.1 Å². The second kappa shape index (κ2) is 7.23. The molecule has 0 saturated carbocycles. The summed E-state index contributed by atoms with van der Waals surface area (Å²) < 4.78 is 6.01. The Kier molecular flexibility index (Phi) is 4.82. The van der Waals surface area contributed by atoms with Gasteiger partial charge in [0.2, 0.25) is 5.91 Å². The minimum Gasteiger partial charge on any atom is -0.378 e. The minimum atomic E-state index is -0.129. The highest BCUT2D eigenvalue weighted by molar-refractivity contribution is 7.17. The van der Waals surface area contributed by atoms with Crippen LogP contribution in [0.1, 0.15) is 25.1 Å². The van der Waals surface area contributed by atoms with Crippen LogP contribution in [0.4, 0.5) is 0 Å². The third-order valence-corrected chi connectivity index (χ3v) is 5.84. The topological polar surface area (TPSA) is 78.5 Å². The number of likely N-dealkylation sites (tertiary alicyclic amines) is 1. The highest BCUT2D eigenvalue weighted by Crippen LogP contribution is 2.22. The van der Waals surface area contributed by atoms with Gasteiger partial charge in [-0.3, -0.25) is 14.5 Å². The van der Waals surface area contributed by atoms with E-state index in [0.717, 1.165) is 31.3 Å². The number of carbonyl (C=O) groups is 1. The van der Waals surface area contributed by atoms with Crippen LogP contribution in [0.3, 0.4) is 0 Å². The third-order valence-electron chi connectivity index (χ3n) is 4.94. The normalized spacial score (nSPS) is 22.4. The quantitative estimate of drug-likeness (QED) is 0.888. The predicted molar refractivity (Wildman–Crippen MR) is 95.7 cm³/mol. The van der Waals surface area contributed by atoms with Gasteiger partial charge in [0.15, 0.2) is 0 Å². The second-order valence-corrected chi connectivity index (χ2v) is 7.48. The standard InChI is InChI=1S/C17H22N4O3S/c22-16-15-12(4-10-25-15)18-14(19-16)11-21-5-2-1-3-13(21)17(23)20-6-8-24-9-7-20/h4,10,13H,1-3,5-9,11H2,(H,18,19,22). The summed E-state index contributed by atoms with van der Waals surface area (Å²) in [5, 5.41) is 1.88. The van der Waals surface area contributed by atoms with Gasteiger partial charge in [-0.2, -0.15) is 0 Å². The Hall–Kier alpha value is -1.77. The van der Waals surface area contributed by atoms with Crippen LogP contribution in [0.5, 0.6) is 0 Å². The molecule has 2 aliphatic heterocycles. The lowest BCUT2D eigenvalue weighted by Gasteiger charge is -2.38. The summed E-state index contributed by atoms with van der Waals surface area (Å²) in [6.07, 6.45) is 2.99. The summed E-state index contributed by atoms with van der Waals surface area (Å²) in [7, 11) is 0. The van der Waals surface area contributed by atoms with Gasteiger partial charge in [0.05, 0.1) is 31.3 Å². The molecule has 4 heterocycles. The molecule has 0 aromatic carbocycles. The number of piperidine rings is 1. The number of nitrogens with one attached hydrogen (secondary N) is 1. The molecule has 0 bridgehead atoms. The molecule has 2 aliphatic rings. The number of amides is 1. The lowest BCUT2D eigenvalue weighted by molar-refractivity contribution is -0.142. The number of aromatic amines is 1. The number of H-pyrrole nitrogens is 1. The molecule has 7 nitrogen and oxygen atoms in total. The summed E-state index contributed by atoms with van der Waals surface area (Å²) in [6, 6.07) is 1.74. The van der Waals surface area contributed by atoms with Gasteiger partial charge in [0.25, 0.3) is 5.56 Å². The first-order chi connectivity index (χ1) is 12.2. The number of hydrogen-bond donors (Lipinski definition) is 1. The van der Waals surface area contributed by atoms with E-state index < -0.39 is 0 Å². The van der Waals surface area contributed by atoms with Crippen LogP contribution in [0.25, 0.3) is 10.2 Å². The van der Waals surface area contributed by atoms with Crippen molar-refractivity contribution in [2.45, 2.75) is 31.8 Å². The van der Waals surface area contributed by atoms with Crippen molar-refractivity contribution < 1.29 is 9.53 Å². The van der Waals surface area contributed by atoms with Crippen molar-refractivity contribution >= 4 is 27.5 Å². The number of carbonyl (C=O) groups excluding carboxylic acids is 1. The smallest absolute Gasteiger partial charge is 0.268 e. The number of thiophene rings is 1. The van der Waals surface area contributed by atoms with E-state index in [2.05, 4.69) is 14.9 Å². The largest absolute Gasteiger partial charge is 0.378 e. The number of rotatable bonds is 3. The van der Waals surface area contributed by atoms with Crippen LogP contribution in [-0.2, 0) is 16.1 Å². The van der Waals surface area contributed by atoms with Crippen molar-refractivity contribution in [1.82, 2.24) is 19.8 Å². The summed E-state index contributed by atoms with van der Waals surface area (Å²) >= 11 is 1.40. The first-order valence-corrected chi connectivity index (χ1v) is 9.67. The van der Waals surface area contributed by atoms with Crippen LogP contribution < -0.4 is 5.56 Å². The van der Waals surface area contributed by atoms with Gasteiger partial charge in [-0.05, 0) is 30.8 Å². The van der Waals surface area contributed by atoms with E-state index in [4.69, 9.17) is 4.74 Å². The van der Waals surface area contributed by atoms with E-state index in [-0.39, 0.29) is 17.5 Å². The lowest BCUT2D eigenvalue weighted by atomic mass is 10.0. The summed E-state index contributed by atoms with van der Waals surface area (Å²) in [5.41, 5.74) is 0.639. The van der Waals surface area contributed by atoms with Gasteiger partial charge in [0.1, 0.15) is 10.5 Å². The molecule has 2 saturated heterocycles. The molecule has 8 heteroatoms. The minimum absolute atomic E-state index is 0.0944. The Labute approximate surface area is 149 Å². The highest BCUT2D eigenvalue weighted by atomic mass is 32.1. The molecule has 2 aromatic rings. The van der Waals surface area contributed by atoms with Crippen molar-refractivity contribution in [2.75, 3.05) is 32.8 Å². The van der Waals surface area contributed by atoms with E-state index in [0.29, 0.717) is 43.4 Å². The van der Waals surface area contributed by atoms with Gasteiger partial charge in [-0.1, -0.05) is 6.42 Å². The molecule has 1 atom stereocenters. The number of ether oxygens (including phenoxy) is 1. The number of nitrogens with zero attached hydrogens (tertiary/aromatic N) is 3. The Balaban J connectivity index is 1.53. The van der Waals surface area contributed by atoms with E-state index in [1.54, 1.807) is 0 Å². The molecule has 2 aromatic heterocycles. The van der Waals surface area contributed by atoms with Crippen molar-refractivity contribution in [3.63, 3.8) is 0 Å². The summed E-state index contributed by atoms with van der Waals surface area (Å²) in [5.74, 6) is 0.819. The maximum atomic E-state index is 12.9. The Bertz CT molecular complexity index is 812. The molecule has 4 rings (SSSR count). The van der Waals surface area contributed by atoms with Crippen molar-refractivity contribution in [1.29, 1.82) is 0 Å². The monoisotopic (exact) mass is 362 g/mol. The second-order valence-electron chi connectivity index (χ2n) is 6.57. The predicted octanol–water partition coefficient (Wildman–Crippen LogP) is 1.20. The molecule has 0 aliphatic carbocycles. The van der Waals surface area contributed by atoms with Gasteiger partial charge >= 0.3 is 0 Å². The van der Waals surface area contributed by atoms with Crippen LogP contribution in [0.2, 0.25) is 0 Å². The third kappa shape index (κ3) is 3.47. The molecule has 134 valence electrons. The van der Waals surface area contributed by atoms with Gasteiger partial charge < -0.3 is 14.6 Å². The van der Waals surface area contributed by atoms with Crippen molar-refractivity contribution in [3.05, 3.63) is 27.6 Å². The average molecular weight is 362 g/mol. The lowest BCUT2D eigenvalue weighted by Crippen LogP contribution is -2.53. The maximum Gasteiger partial charge on any atom is 0.268 e. The van der Waals surface area contributed by atoms with E-state index >= 15 is 0 Å². The van der Waals surface area contributed by atoms with Crippen LogP contribution >= 0.6 is 11.3 Å². The first kappa shape index (κ1) is 16.7. The van der Waals surface area contributed by atoms with Crippen LogP contribution in [0, 0.1) is 0 Å². The highest BCUT2D eigenvalue weighted by Gasteiger charge is 2.33. The van der Waals surface area contributed by atoms with Crippen LogP contribution in [0.15, 0.2) is 16.2 Å². The average Bonchev–Trinajstić information content (AvgIpc) is 3.11. The fraction of sp³-hybridized carbons (Fsp3) is 0.588. The van der Waals surface area contributed by atoms with Gasteiger partial charge in [-0.25, -0.2) is 4.98 Å². The summed E-state index contributed by atoms with van der Waals surface area (Å²) in [4.78, 5) is 36.6. The van der Waals surface area contributed by atoms with Crippen molar-refractivity contribution in [2.24, 2.45) is 0 Å². The van der Waals surface area contributed by atoms with E-state index in [1.807, 2.05) is 16.3 Å². The SMILES string of the molecule is O=C(C1CCCCN1Cc1nc2ccsc2c(=O)[nH]1)N1CCOCC1. The van der Waals surface area contributed by atoms with Crippen LogP contribution in [-0.4, -0.2) is 64.6 Å². The summed E-state index contributed by atoms with van der Waals surface area (Å²) in [6.45, 7) is 3.91. The molecule has 2 fully saturated rings. The zero-order valence-corrected chi connectivity index (χ0v) is 14.9. The van der Waals surface area contributed by atoms with E-state index in [1.165, 1.54) is 11.3 Å². The number of hydrogen-bond acceptors (Lipinski definition) is 6. The van der Waals surface area contributed by atoms with E-state index in [9.17, 15) is 9.59 Å². The molecule has 1 unspecified atom stereocenters. The zero-order valence-electron chi connectivity index (χ0n) is 14.1. The van der Waals surface area contributed by atoms with Gasteiger partial charge in [-0.15, -0.1) is 11.3 Å². The Morgan fingerprint density at radius 2 is 2.16 bits per heavy atom. The molecule has 0 radical (unpaired) electrons. The number of aromatic nitrogens is 2. The Morgan fingerprint density at radius 1 is 1.32 bits per heavy atom. The first-order valence-electron chi connectivity index (χ1n) is 8.79. The fourth-order valence-corrected chi connectivity index (χ4v) is 4.37. The number of morpholine rings is 1. The maximum absolute atomic E-state index is 12.9. The Morgan fingerprint density at radius 3 is 3.00 bits per heavy atom. The molecular weight excluding hydrogens is 340 g/mol. The molecular formula is C17H22N4O3S. The molecule has 1 N–H and O–H groups in total.